The van der Waals surface area contributed by atoms with E-state index in [0.717, 1.165) is 78.4 Å². The van der Waals surface area contributed by atoms with Gasteiger partial charge >= 0.3 is 5.97 Å². The first-order valence-corrected chi connectivity index (χ1v) is 13.9. The van der Waals surface area contributed by atoms with E-state index in [0.29, 0.717) is 19.0 Å². The summed E-state index contributed by atoms with van der Waals surface area (Å²) < 4.78 is 23.9. The van der Waals surface area contributed by atoms with Crippen molar-refractivity contribution in [3.05, 3.63) is 35.4 Å². The smallest absolute Gasteiger partial charge is 0.302 e. The Balaban J connectivity index is 0. The highest BCUT2D eigenvalue weighted by Crippen LogP contribution is 2.11. The second kappa shape index (κ2) is 29.1. The molecule has 1 aliphatic carbocycles. The van der Waals surface area contributed by atoms with E-state index in [2.05, 4.69) is 59.5 Å². The van der Waals surface area contributed by atoms with Gasteiger partial charge in [0, 0.05) is 40.0 Å². The third-order valence-electron chi connectivity index (χ3n) is 5.32. The molecule has 1 aromatic carbocycles. The largest absolute Gasteiger partial charge is 0.466 e. The number of benzene rings is 1. The van der Waals surface area contributed by atoms with E-state index in [1.807, 2.05) is 0 Å². The maximum Gasteiger partial charge on any atom is 0.302 e. The number of hydrogen-bond donors (Lipinski definition) is 1. The molecule has 4 rings (SSSR count). The SMILES string of the molecule is C1COCCO1.CCOC(C)=O.CN1CCOCC1.COCC(C)O.Cc1ccccc1C.O=C1CCCC1. The minimum atomic E-state index is -0.324. The van der Waals surface area contributed by atoms with E-state index in [9.17, 15) is 9.59 Å². The van der Waals surface area contributed by atoms with Gasteiger partial charge in [0.2, 0.25) is 0 Å². The van der Waals surface area contributed by atoms with Crippen molar-refractivity contribution in [1.29, 1.82) is 0 Å². The number of Topliss-reactive ketones (excluding diaryl/α,β-unsaturated/α-hetero) is 1. The van der Waals surface area contributed by atoms with Gasteiger partial charge < -0.3 is 33.7 Å². The molecular formula is C30H55NO8. The van der Waals surface area contributed by atoms with Crippen molar-refractivity contribution in [2.45, 2.75) is 66.4 Å². The maximum atomic E-state index is 10.2. The van der Waals surface area contributed by atoms with Gasteiger partial charge in [0.15, 0.2) is 0 Å². The van der Waals surface area contributed by atoms with E-state index in [1.165, 1.54) is 18.1 Å². The van der Waals surface area contributed by atoms with Crippen LogP contribution in [0.25, 0.3) is 0 Å². The molecule has 228 valence electrons. The highest BCUT2D eigenvalue weighted by Gasteiger charge is 2.07. The van der Waals surface area contributed by atoms with Gasteiger partial charge in [0.1, 0.15) is 5.78 Å². The number of morpholine rings is 1. The summed E-state index contributed by atoms with van der Waals surface area (Å²) in [6.07, 6.45) is 3.65. The average molecular weight is 558 g/mol. The van der Waals surface area contributed by atoms with Gasteiger partial charge in [-0.25, -0.2) is 0 Å². The molecule has 1 unspecified atom stereocenters. The number of aryl methyl sites for hydroxylation is 2. The molecule has 0 amide bonds. The van der Waals surface area contributed by atoms with Gasteiger partial charge in [-0.3, -0.25) is 9.59 Å². The Morgan fingerprint density at radius 2 is 1.38 bits per heavy atom. The number of aliphatic hydroxyl groups is 1. The van der Waals surface area contributed by atoms with Crippen molar-refractivity contribution < 1.29 is 38.4 Å². The van der Waals surface area contributed by atoms with E-state index in [-0.39, 0.29) is 12.1 Å². The number of carbonyl (C=O) groups excluding carboxylic acids is 2. The molecule has 39 heavy (non-hydrogen) atoms. The number of nitrogens with zero attached hydrogens (tertiary/aromatic N) is 1. The van der Waals surface area contributed by atoms with Crippen molar-refractivity contribution >= 4 is 11.8 Å². The lowest BCUT2D eigenvalue weighted by atomic mass is 10.1. The van der Waals surface area contributed by atoms with Crippen molar-refractivity contribution in [2.24, 2.45) is 0 Å². The Morgan fingerprint density at radius 1 is 0.949 bits per heavy atom. The van der Waals surface area contributed by atoms with Crippen LogP contribution < -0.4 is 0 Å². The standard InChI is InChI=1S/C8H10.C5H11NO.C5H8O.C4H8O2.C4H10O2.C4H8O2/c1-7-5-3-4-6-8(7)2;1-6-2-4-7-5-3-6;6-5-3-1-2-4-5;1-2-6-4-3-5-1;1-4(5)3-6-2;1-3-6-4(2)5/h3-6H,1-2H3;2-5H2,1H3;2*1-4H2;4-5H,3H2,1-2H3;3H2,1-2H3. The molecule has 1 atom stereocenters. The van der Waals surface area contributed by atoms with Gasteiger partial charge in [0.05, 0.1) is 59.0 Å². The topological polar surface area (TPSA) is 104 Å². The summed E-state index contributed by atoms with van der Waals surface area (Å²) in [6.45, 7) is 17.1. The van der Waals surface area contributed by atoms with E-state index in [1.54, 1.807) is 21.0 Å². The third kappa shape index (κ3) is 32.2. The number of ether oxygens (including phenoxy) is 5. The first kappa shape index (κ1) is 39.3. The molecule has 3 aliphatic rings. The highest BCUT2D eigenvalue weighted by molar-refractivity contribution is 5.80. The molecular weight excluding hydrogens is 502 g/mol. The monoisotopic (exact) mass is 557 g/mol. The zero-order valence-electron chi connectivity index (χ0n) is 25.5. The Labute approximate surface area is 237 Å². The van der Waals surface area contributed by atoms with Gasteiger partial charge in [-0.2, -0.15) is 0 Å². The Kier molecular flexibility index (Phi) is 29.3. The third-order valence-corrected chi connectivity index (χ3v) is 5.32. The fourth-order valence-corrected chi connectivity index (χ4v) is 2.97. The van der Waals surface area contributed by atoms with Crippen LogP contribution in [0.5, 0.6) is 0 Å². The predicted molar refractivity (Wildman–Crippen MR) is 155 cm³/mol. The van der Waals surface area contributed by atoms with Crippen molar-refractivity contribution in [3.8, 4) is 0 Å². The number of rotatable bonds is 3. The fraction of sp³-hybridized carbons (Fsp3) is 0.733. The zero-order chi connectivity index (χ0) is 29.7. The number of likely N-dealkylation sites (N-methyl/N-ethyl adjacent to an activating group) is 1. The highest BCUT2D eigenvalue weighted by atomic mass is 16.6. The van der Waals surface area contributed by atoms with Crippen LogP contribution in [0, 0.1) is 13.8 Å². The summed E-state index contributed by atoms with van der Waals surface area (Å²) in [5.74, 6) is 0.243. The van der Waals surface area contributed by atoms with Crippen molar-refractivity contribution in [1.82, 2.24) is 4.90 Å². The van der Waals surface area contributed by atoms with Crippen LogP contribution in [0.4, 0.5) is 0 Å². The van der Waals surface area contributed by atoms with Crippen LogP contribution in [-0.2, 0) is 33.3 Å². The van der Waals surface area contributed by atoms with Crippen LogP contribution in [-0.4, -0.2) is 108 Å². The Morgan fingerprint density at radius 3 is 1.54 bits per heavy atom. The van der Waals surface area contributed by atoms with Gasteiger partial charge in [-0.1, -0.05) is 24.3 Å². The molecule has 1 saturated carbocycles. The normalized spacial score (nSPS) is 17.0. The minimum absolute atomic E-state index is 0.211. The second-order valence-electron chi connectivity index (χ2n) is 9.20. The fourth-order valence-electron chi connectivity index (χ4n) is 2.97. The van der Waals surface area contributed by atoms with Crippen LogP contribution in [0.2, 0.25) is 0 Å². The number of carbonyl (C=O) groups is 2. The van der Waals surface area contributed by atoms with Gasteiger partial charge in [-0.15, -0.1) is 0 Å². The van der Waals surface area contributed by atoms with Crippen LogP contribution in [0.3, 0.4) is 0 Å². The lowest BCUT2D eigenvalue weighted by Gasteiger charge is -2.21. The first-order valence-electron chi connectivity index (χ1n) is 13.9. The van der Waals surface area contributed by atoms with E-state index < -0.39 is 0 Å². The molecule has 1 N–H and O–H groups in total. The molecule has 2 heterocycles. The summed E-state index contributed by atoms with van der Waals surface area (Å²) in [6, 6.07) is 8.36. The number of aliphatic hydroxyl groups excluding tert-OH is 1. The average Bonchev–Trinajstić information content (AvgIpc) is 3.40. The maximum absolute atomic E-state index is 10.2. The van der Waals surface area contributed by atoms with Gasteiger partial charge in [-0.05, 0) is 58.7 Å². The Hall–Kier alpha value is -1.88. The summed E-state index contributed by atoms with van der Waals surface area (Å²) in [4.78, 5) is 22.3. The number of ketones is 1. The molecule has 2 aliphatic heterocycles. The summed E-state index contributed by atoms with van der Waals surface area (Å²) in [5.41, 5.74) is 2.74. The predicted octanol–water partition coefficient (Wildman–Crippen LogP) is 4.00. The zero-order valence-corrected chi connectivity index (χ0v) is 25.5. The molecule has 1 aromatic rings. The van der Waals surface area contributed by atoms with Crippen molar-refractivity contribution in [2.75, 3.05) is 80.1 Å². The summed E-state index contributed by atoms with van der Waals surface area (Å²) >= 11 is 0. The quantitative estimate of drug-likeness (QED) is 0.552. The van der Waals surface area contributed by atoms with Crippen LogP contribution in [0.1, 0.15) is 57.6 Å². The first-order chi connectivity index (χ1) is 18.6. The lowest BCUT2D eigenvalue weighted by molar-refractivity contribution is -0.140. The van der Waals surface area contributed by atoms with E-state index in [4.69, 9.17) is 19.3 Å². The molecule has 0 aromatic heterocycles. The molecule has 2 saturated heterocycles. The lowest BCUT2D eigenvalue weighted by Crippen LogP contribution is -2.32. The second-order valence-corrected chi connectivity index (χ2v) is 9.20. The summed E-state index contributed by atoms with van der Waals surface area (Å²) in [5, 5.41) is 8.43. The number of esters is 1. The van der Waals surface area contributed by atoms with Crippen LogP contribution in [0.15, 0.2) is 24.3 Å². The Bertz CT molecular complexity index is 649. The van der Waals surface area contributed by atoms with E-state index >= 15 is 0 Å². The molecule has 9 nitrogen and oxygen atoms in total. The molecule has 9 heteroatoms. The number of hydrogen-bond acceptors (Lipinski definition) is 9. The minimum Gasteiger partial charge on any atom is -0.466 e. The van der Waals surface area contributed by atoms with Gasteiger partial charge in [0.25, 0.3) is 0 Å². The molecule has 0 radical (unpaired) electrons. The molecule has 3 fully saturated rings. The van der Waals surface area contributed by atoms with Crippen molar-refractivity contribution in [3.63, 3.8) is 0 Å². The molecule has 0 bridgehead atoms. The van der Waals surface area contributed by atoms with Crippen LogP contribution >= 0.6 is 0 Å². The number of methoxy groups -OCH3 is 1. The summed E-state index contributed by atoms with van der Waals surface area (Å²) in [7, 11) is 3.68. The molecule has 0 spiro atoms.